The van der Waals surface area contributed by atoms with Crippen molar-refractivity contribution in [2.24, 2.45) is 0 Å². The van der Waals surface area contributed by atoms with Crippen LogP contribution in [0.25, 0.3) is 6.08 Å². The van der Waals surface area contributed by atoms with Gasteiger partial charge in [-0.05, 0) is 54.7 Å². The fourth-order valence-corrected chi connectivity index (χ4v) is 2.63. The molecule has 2 aromatic rings. The molecule has 1 amide bonds. The molecule has 0 spiro atoms. The zero-order valence-corrected chi connectivity index (χ0v) is 16.6. The van der Waals surface area contributed by atoms with E-state index in [0.29, 0.717) is 11.3 Å². The Bertz CT molecular complexity index is 906. The van der Waals surface area contributed by atoms with Crippen LogP contribution in [0.2, 0.25) is 0 Å². The number of esters is 1. The van der Waals surface area contributed by atoms with Crippen molar-refractivity contribution in [2.75, 3.05) is 5.32 Å². The van der Waals surface area contributed by atoms with Crippen molar-refractivity contribution < 1.29 is 19.2 Å². The van der Waals surface area contributed by atoms with Crippen LogP contribution in [0.5, 0.6) is 0 Å². The minimum Gasteiger partial charge on any atom is -0.449 e. The van der Waals surface area contributed by atoms with Crippen molar-refractivity contribution in [3.05, 3.63) is 75.8 Å². The quantitative estimate of drug-likeness (QED) is 0.302. The Hall–Kier alpha value is -3.48. The van der Waals surface area contributed by atoms with Crippen molar-refractivity contribution in [2.45, 2.75) is 39.2 Å². The molecule has 0 aliphatic carbocycles. The first-order valence-corrected chi connectivity index (χ1v) is 9.34. The zero-order valence-electron chi connectivity index (χ0n) is 16.6. The van der Waals surface area contributed by atoms with Crippen LogP contribution in [0.3, 0.4) is 0 Å². The average molecular weight is 396 g/mol. The number of ether oxygens (including phenoxy) is 1. The number of hydrogen-bond acceptors (Lipinski definition) is 5. The van der Waals surface area contributed by atoms with Crippen LogP contribution >= 0.6 is 0 Å². The number of nitrogens with one attached hydrogen (secondary N) is 1. The summed E-state index contributed by atoms with van der Waals surface area (Å²) in [6.07, 6.45) is 2.60. The normalized spacial score (nSPS) is 12.9. The smallest absolute Gasteiger partial charge is 0.331 e. The molecule has 0 radical (unpaired) electrons. The monoisotopic (exact) mass is 396 g/mol. The van der Waals surface area contributed by atoms with Crippen LogP contribution < -0.4 is 5.32 Å². The second-order valence-corrected chi connectivity index (χ2v) is 6.65. The van der Waals surface area contributed by atoms with E-state index >= 15 is 0 Å². The van der Waals surface area contributed by atoms with Crippen molar-refractivity contribution in [1.82, 2.24) is 0 Å². The molecule has 2 rings (SSSR count). The largest absolute Gasteiger partial charge is 0.449 e. The molecule has 0 bridgehead atoms. The van der Waals surface area contributed by atoms with Crippen LogP contribution in [0, 0.1) is 10.1 Å². The number of non-ortho nitro benzene ring substituents is 1. The number of amides is 1. The van der Waals surface area contributed by atoms with Gasteiger partial charge in [0.15, 0.2) is 6.10 Å². The molecule has 7 heteroatoms. The third-order valence-electron chi connectivity index (χ3n) is 4.54. The molecule has 0 aromatic heterocycles. The number of rotatable bonds is 8. The van der Waals surface area contributed by atoms with Crippen molar-refractivity contribution in [1.29, 1.82) is 0 Å². The number of carbonyl (C=O) groups excluding carboxylic acids is 2. The summed E-state index contributed by atoms with van der Waals surface area (Å²) in [6.45, 7) is 5.65. The number of anilines is 1. The molecule has 1 N–H and O–H groups in total. The number of benzene rings is 2. The Labute approximate surface area is 169 Å². The van der Waals surface area contributed by atoms with Crippen LogP contribution in [0.15, 0.2) is 54.6 Å². The Morgan fingerprint density at radius 3 is 2.41 bits per heavy atom. The standard InChI is InChI=1S/C22H24N2O5/c1-4-15(2)19-7-5-6-8-20(19)23-22(26)16(3)29-21(25)14-11-17-9-12-18(13-10-17)24(27)28/h5-16H,4H2,1-3H3,(H,23,26)/b14-11+/t15-,16+/m1/s1. The van der Waals surface area contributed by atoms with Crippen LogP contribution in [0.1, 0.15) is 44.2 Å². The van der Waals surface area contributed by atoms with E-state index in [2.05, 4.69) is 19.2 Å². The molecule has 0 aliphatic rings. The molecule has 0 heterocycles. The lowest BCUT2D eigenvalue weighted by Gasteiger charge is -2.17. The van der Waals surface area contributed by atoms with E-state index in [1.54, 1.807) is 0 Å². The number of carbonyl (C=O) groups is 2. The first-order valence-electron chi connectivity index (χ1n) is 9.34. The molecule has 152 valence electrons. The van der Waals surface area contributed by atoms with Gasteiger partial charge in [0.2, 0.25) is 0 Å². The lowest BCUT2D eigenvalue weighted by atomic mass is 9.97. The number of para-hydroxylation sites is 1. The highest BCUT2D eigenvalue weighted by Gasteiger charge is 2.18. The third-order valence-corrected chi connectivity index (χ3v) is 4.54. The average Bonchev–Trinajstić information content (AvgIpc) is 2.72. The van der Waals surface area contributed by atoms with E-state index in [0.717, 1.165) is 12.0 Å². The summed E-state index contributed by atoms with van der Waals surface area (Å²) >= 11 is 0. The number of nitrogens with zero attached hydrogens (tertiary/aromatic N) is 1. The fraction of sp³-hybridized carbons (Fsp3) is 0.273. The molecule has 29 heavy (non-hydrogen) atoms. The molecule has 7 nitrogen and oxygen atoms in total. The van der Waals surface area contributed by atoms with Gasteiger partial charge in [-0.15, -0.1) is 0 Å². The Balaban J connectivity index is 1.95. The van der Waals surface area contributed by atoms with Crippen LogP contribution in [-0.4, -0.2) is 22.9 Å². The molecule has 0 aliphatic heterocycles. The van der Waals surface area contributed by atoms with Gasteiger partial charge < -0.3 is 10.1 Å². The number of nitro benzene ring substituents is 1. The van der Waals surface area contributed by atoms with Gasteiger partial charge in [0.1, 0.15) is 0 Å². The molecule has 0 fully saturated rings. The molecule has 2 aromatic carbocycles. The first kappa shape index (κ1) is 21.8. The molecular weight excluding hydrogens is 372 g/mol. The van der Waals surface area contributed by atoms with Crippen molar-refractivity contribution >= 4 is 29.3 Å². The van der Waals surface area contributed by atoms with E-state index in [4.69, 9.17) is 4.74 Å². The van der Waals surface area contributed by atoms with Gasteiger partial charge in [-0.2, -0.15) is 0 Å². The summed E-state index contributed by atoms with van der Waals surface area (Å²) < 4.78 is 5.15. The van der Waals surface area contributed by atoms with Gasteiger partial charge in [0.25, 0.3) is 11.6 Å². The van der Waals surface area contributed by atoms with E-state index in [1.807, 2.05) is 24.3 Å². The van der Waals surface area contributed by atoms with Gasteiger partial charge in [-0.25, -0.2) is 4.79 Å². The molecule has 2 atom stereocenters. The maximum Gasteiger partial charge on any atom is 0.331 e. The number of hydrogen-bond donors (Lipinski definition) is 1. The summed E-state index contributed by atoms with van der Waals surface area (Å²) in [5.41, 5.74) is 2.30. The van der Waals surface area contributed by atoms with Crippen molar-refractivity contribution in [3.63, 3.8) is 0 Å². The van der Waals surface area contributed by atoms with E-state index < -0.39 is 22.9 Å². The Morgan fingerprint density at radius 1 is 1.14 bits per heavy atom. The van der Waals surface area contributed by atoms with E-state index in [1.165, 1.54) is 43.3 Å². The summed E-state index contributed by atoms with van der Waals surface area (Å²) in [4.78, 5) is 34.5. The maximum absolute atomic E-state index is 12.4. The van der Waals surface area contributed by atoms with Crippen LogP contribution in [0.4, 0.5) is 11.4 Å². The van der Waals surface area contributed by atoms with Gasteiger partial charge >= 0.3 is 5.97 Å². The summed E-state index contributed by atoms with van der Waals surface area (Å²) in [7, 11) is 0. The minimum absolute atomic E-state index is 0.0345. The van der Waals surface area contributed by atoms with Gasteiger partial charge in [-0.3, -0.25) is 14.9 Å². The van der Waals surface area contributed by atoms with Gasteiger partial charge in [0.05, 0.1) is 4.92 Å². The highest BCUT2D eigenvalue weighted by atomic mass is 16.6. The molecule has 0 saturated heterocycles. The van der Waals surface area contributed by atoms with Crippen molar-refractivity contribution in [3.8, 4) is 0 Å². The predicted molar refractivity (Wildman–Crippen MR) is 111 cm³/mol. The Kier molecular flexibility index (Phi) is 7.65. The number of nitro groups is 1. The summed E-state index contributed by atoms with van der Waals surface area (Å²) in [5, 5.41) is 13.5. The SMILES string of the molecule is CC[C@@H](C)c1ccccc1NC(=O)[C@H](C)OC(=O)/C=C/c1ccc([N+](=O)[O-])cc1. The Morgan fingerprint density at radius 2 is 1.79 bits per heavy atom. The second kappa shape index (κ2) is 10.2. The minimum atomic E-state index is -0.978. The molecular formula is C22H24N2O5. The zero-order chi connectivity index (χ0) is 21.4. The molecule has 0 unspecified atom stereocenters. The second-order valence-electron chi connectivity index (χ2n) is 6.65. The topological polar surface area (TPSA) is 98.5 Å². The molecule has 0 saturated carbocycles. The van der Waals surface area contributed by atoms with Gasteiger partial charge in [0, 0.05) is 23.9 Å². The van der Waals surface area contributed by atoms with Crippen LogP contribution in [-0.2, 0) is 14.3 Å². The lowest BCUT2D eigenvalue weighted by molar-refractivity contribution is -0.384. The maximum atomic E-state index is 12.4. The predicted octanol–water partition coefficient (Wildman–Crippen LogP) is 4.69. The lowest BCUT2D eigenvalue weighted by Crippen LogP contribution is -2.29. The summed E-state index contributed by atoms with van der Waals surface area (Å²) in [6, 6.07) is 13.3. The third kappa shape index (κ3) is 6.27. The van der Waals surface area contributed by atoms with Gasteiger partial charge in [-0.1, -0.05) is 32.0 Å². The fourth-order valence-electron chi connectivity index (χ4n) is 2.63. The first-order chi connectivity index (χ1) is 13.8. The summed E-state index contributed by atoms with van der Waals surface area (Å²) in [5.74, 6) is -0.812. The van der Waals surface area contributed by atoms with E-state index in [-0.39, 0.29) is 11.6 Å². The van der Waals surface area contributed by atoms with E-state index in [9.17, 15) is 19.7 Å². The highest BCUT2D eigenvalue weighted by molar-refractivity contribution is 5.97. The highest BCUT2D eigenvalue weighted by Crippen LogP contribution is 2.26.